The van der Waals surface area contributed by atoms with E-state index in [1.807, 2.05) is 19.2 Å². The van der Waals surface area contributed by atoms with Crippen molar-refractivity contribution in [2.75, 3.05) is 11.5 Å². The number of aliphatic imine (C=N–C) groups is 1. The lowest BCUT2D eigenvalue weighted by molar-refractivity contribution is 0.357. The van der Waals surface area contributed by atoms with E-state index in [4.69, 9.17) is 10.7 Å². The zero-order valence-electron chi connectivity index (χ0n) is 16.4. The highest BCUT2D eigenvalue weighted by atomic mass is 32.2. The molecule has 1 spiro atoms. The predicted octanol–water partition coefficient (Wildman–Crippen LogP) is 3.80. The Labute approximate surface area is 180 Å². The van der Waals surface area contributed by atoms with Crippen LogP contribution in [0.3, 0.4) is 0 Å². The topological polar surface area (TPSA) is 85.4 Å². The summed E-state index contributed by atoms with van der Waals surface area (Å²) < 4.78 is 23.7. The van der Waals surface area contributed by atoms with E-state index in [0.717, 1.165) is 28.0 Å². The molecule has 0 aromatic carbocycles. The van der Waals surface area contributed by atoms with Crippen LogP contribution in [0.1, 0.15) is 43.6 Å². The van der Waals surface area contributed by atoms with Crippen LogP contribution >= 0.6 is 23.1 Å². The Morgan fingerprint density at radius 1 is 1.17 bits per heavy atom. The molecule has 5 nitrogen and oxygen atoms in total. The van der Waals surface area contributed by atoms with Crippen LogP contribution in [0.2, 0.25) is 0 Å². The third-order valence-electron chi connectivity index (χ3n) is 5.55. The van der Waals surface area contributed by atoms with Gasteiger partial charge >= 0.3 is 0 Å². The molecule has 29 heavy (non-hydrogen) atoms. The van der Waals surface area contributed by atoms with Gasteiger partial charge in [-0.3, -0.25) is 9.98 Å². The maximum atomic E-state index is 11.9. The Morgan fingerprint density at radius 3 is 2.66 bits per heavy atom. The van der Waals surface area contributed by atoms with Crippen molar-refractivity contribution in [2.24, 2.45) is 10.7 Å². The third-order valence-corrected chi connectivity index (χ3v) is 9.67. The van der Waals surface area contributed by atoms with E-state index in [2.05, 4.69) is 35.2 Å². The number of pyridine rings is 1. The van der Waals surface area contributed by atoms with Gasteiger partial charge in [0.15, 0.2) is 5.17 Å². The summed E-state index contributed by atoms with van der Waals surface area (Å²) >= 11 is 3.22. The van der Waals surface area contributed by atoms with Crippen LogP contribution in [0.15, 0.2) is 34.9 Å². The fourth-order valence-corrected chi connectivity index (χ4v) is 8.45. The molecule has 2 aromatic rings. The maximum Gasteiger partial charge on any atom is 0.155 e. The number of thiophene rings is 1. The second kappa shape index (κ2) is 7.46. The van der Waals surface area contributed by atoms with Gasteiger partial charge < -0.3 is 5.73 Å². The molecule has 0 aliphatic carbocycles. The summed E-state index contributed by atoms with van der Waals surface area (Å²) in [5.41, 5.74) is 8.79. The molecule has 2 aliphatic heterocycles. The number of thioether (sulfide) groups is 1. The molecule has 1 atom stereocenters. The lowest BCUT2D eigenvalue weighted by atomic mass is 9.83. The molecular formula is C21H23N3O2S3. The molecule has 152 valence electrons. The monoisotopic (exact) mass is 445 g/mol. The molecule has 1 unspecified atom stereocenters. The van der Waals surface area contributed by atoms with Crippen molar-refractivity contribution in [2.45, 2.75) is 43.4 Å². The minimum Gasteiger partial charge on any atom is -0.378 e. The predicted molar refractivity (Wildman–Crippen MR) is 122 cm³/mol. The Morgan fingerprint density at radius 2 is 1.93 bits per heavy atom. The number of amidine groups is 1. The Hall–Kier alpha value is -1.82. The molecule has 2 aliphatic rings. The third kappa shape index (κ3) is 4.23. The van der Waals surface area contributed by atoms with E-state index in [0.29, 0.717) is 18.0 Å². The Kier molecular flexibility index (Phi) is 5.26. The van der Waals surface area contributed by atoms with Crippen LogP contribution in [-0.2, 0) is 15.4 Å². The number of hydrogen-bond donors (Lipinski definition) is 1. The van der Waals surface area contributed by atoms with Gasteiger partial charge in [-0.05, 0) is 56.2 Å². The van der Waals surface area contributed by atoms with Gasteiger partial charge in [0.25, 0.3) is 0 Å². The number of aromatic nitrogens is 1. The van der Waals surface area contributed by atoms with Crippen molar-refractivity contribution in [3.63, 3.8) is 0 Å². The molecule has 8 heteroatoms. The van der Waals surface area contributed by atoms with E-state index >= 15 is 0 Å². The maximum absolute atomic E-state index is 11.9. The quantitative estimate of drug-likeness (QED) is 0.711. The molecule has 0 saturated carbocycles. The van der Waals surface area contributed by atoms with Gasteiger partial charge in [-0.15, -0.1) is 17.3 Å². The summed E-state index contributed by atoms with van der Waals surface area (Å²) in [5.74, 6) is 6.42. The summed E-state index contributed by atoms with van der Waals surface area (Å²) in [6.07, 6.45) is 5.66. The normalized spacial score (nSPS) is 25.1. The van der Waals surface area contributed by atoms with Crippen LogP contribution < -0.4 is 5.73 Å². The molecule has 1 saturated heterocycles. The Balaban J connectivity index is 1.65. The lowest BCUT2D eigenvalue weighted by Gasteiger charge is -2.44. The van der Waals surface area contributed by atoms with Gasteiger partial charge in [-0.2, -0.15) is 0 Å². The van der Waals surface area contributed by atoms with E-state index in [1.165, 1.54) is 0 Å². The van der Waals surface area contributed by atoms with Crippen LogP contribution in [0.4, 0.5) is 0 Å². The molecule has 2 aromatic heterocycles. The molecule has 4 heterocycles. The van der Waals surface area contributed by atoms with Crippen molar-refractivity contribution in [3.05, 3.63) is 40.3 Å². The number of nitrogens with two attached hydrogens (primary N) is 1. The lowest BCUT2D eigenvalue weighted by Crippen LogP contribution is -2.46. The minimum absolute atomic E-state index is 0.158. The molecule has 4 rings (SSSR count). The van der Waals surface area contributed by atoms with Gasteiger partial charge in [0.1, 0.15) is 9.84 Å². The number of hydrogen-bond acceptors (Lipinski definition) is 7. The SMILES string of the molecule is CC#Cc1cncc(-c2csc(C3(C)CC4(CCS(=O)(=O)CC4)SC(N)=N3)c2)c1. The average molecular weight is 446 g/mol. The molecule has 0 bridgehead atoms. The van der Waals surface area contributed by atoms with Gasteiger partial charge in [0.05, 0.1) is 17.0 Å². The van der Waals surface area contributed by atoms with E-state index in [-0.39, 0.29) is 16.3 Å². The molecule has 0 radical (unpaired) electrons. The van der Waals surface area contributed by atoms with Gasteiger partial charge in [-0.25, -0.2) is 8.42 Å². The first-order valence-corrected chi connectivity index (χ1v) is 13.0. The van der Waals surface area contributed by atoms with E-state index < -0.39 is 15.4 Å². The van der Waals surface area contributed by atoms with Crippen molar-refractivity contribution in [1.82, 2.24) is 4.98 Å². The fourth-order valence-electron chi connectivity index (χ4n) is 4.10. The average Bonchev–Trinajstić information content (AvgIpc) is 3.16. The van der Waals surface area contributed by atoms with Gasteiger partial charge in [0.2, 0.25) is 0 Å². The first kappa shape index (κ1) is 20.5. The standard InChI is InChI=1S/C21H23N3O2S3/c1-3-4-15-9-16(12-23-11-15)17-10-18(27-13-17)20(2)14-21(28-19(22)24-20)5-7-29(25,26)8-6-21/h9-13H,5-8,14H2,1-2H3,(H2,22,24). The fraction of sp³-hybridized carbons (Fsp3) is 0.429. The first-order valence-electron chi connectivity index (χ1n) is 9.45. The summed E-state index contributed by atoms with van der Waals surface area (Å²) in [5, 5.41) is 2.67. The highest BCUT2D eigenvalue weighted by molar-refractivity contribution is 8.15. The highest BCUT2D eigenvalue weighted by Crippen LogP contribution is 2.51. The van der Waals surface area contributed by atoms with Crippen molar-refractivity contribution >= 4 is 38.1 Å². The van der Waals surface area contributed by atoms with Crippen molar-refractivity contribution < 1.29 is 8.42 Å². The molecule has 1 fully saturated rings. The number of nitrogens with zero attached hydrogens (tertiary/aromatic N) is 2. The summed E-state index contributed by atoms with van der Waals surface area (Å²) in [4.78, 5) is 10.2. The summed E-state index contributed by atoms with van der Waals surface area (Å²) in [6, 6.07) is 4.20. The summed E-state index contributed by atoms with van der Waals surface area (Å²) in [7, 11) is -2.93. The zero-order chi connectivity index (χ0) is 20.7. The Bertz CT molecular complexity index is 1130. The highest BCUT2D eigenvalue weighted by Gasteiger charge is 2.48. The second-order valence-electron chi connectivity index (χ2n) is 7.87. The number of rotatable bonds is 2. The van der Waals surface area contributed by atoms with Crippen LogP contribution in [0.5, 0.6) is 0 Å². The van der Waals surface area contributed by atoms with Crippen LogP contribution in [0, 0.1) is 11.8 Å². The van der Waals surface area contributed by atoms with Crippen LogP contribution in [0.25, 0.3) is 11.1 Å². The second-order valence-corrected chi connectivity index (χ2v) is 12.6. The minimum atomic E-state index is -2.93. The van der Waals surface area contributed by atoms with Crippen molar-refractivity contribution in [3.8, 4) is 23.0 Å². The van der Waals surface area contributed by atoms with Crippen LogP contribution in [-0.4, -0.2) is 34.8 Å². The first-order chi connectivity index (χ1) is 13.7. The molecular weight excluding hydrogens is 422 g/mol. The zero-order valence-corrected chi connectivity index (χ0v) is 18.9. The number of sulfone groups is 1. The van der Waals surface area contributed by atoms with E-state index in [1.54, 1.807) is 29.3 Å². The van der Waals surface area contributed by atoms with Gasteiger partial charge in [0, 0.05) is 33.1 Å². The van der Waals surface area contributed by atoms with Gasteiger partial charge in [-0.1, -0.05) is 17.7 Å². The molecule has 2 N–H and O–H groups in total. The molecule has 0 amide bonds. The summed E-state index contributed by atoms with van der Waals surface area (Å²) in [6.45, 7) is 3.92. The van der Waals surface area contributed by atoms with E-state index in [9.17, 15) is 8.42 Å². The largest absolute Gasteiger partial charge is 0.378 e. The van der Waals surface area contributed by atoms with Crippen molar-refractivity contribution in [1.29, 1.82) is 0 Å². The smallest absolute Gasteiger partial charge is 0.155 e.